The fraction of sp³-hybridized carbons (Fsp3) is 0.238. The van der Waals surface area contributed by atoms with Crippen LogP contribution in [0.3, 0.4) is 0 Å². The van der Waals surface area contributed by atoms with Gasteiger partial charge in [0.2, 0.25) is 5.91 Å². The number of nitrogens with zero attached hydrogens (tertiary/aromatic N) is 4. The lowest BCUT2D eigenvalue weighted by Crippen LogP contribution is -2.37. The molecule has 1 amide bonds. The zero-order valence-electron chi connectivity index (χ0n) is 14.7. The first kappa shape index (κ1) is 15.2. The lowest BCUT2D eigenvalue weighted by atomic mass is 10.0. The molecule has 2 aromatic heterocycles. The van der Waals surface area contributed by atoms with E-state index in [9.17, 15) is 4.79 Å². The van der Waals surface area contributed by atoms with Crippen LogP contribution in [0.5, 0.6) is 0 Å². The number of amides is 1. The molecular formula is C21H20N4O. The second-order valence-corrected chi connectivity index (χ2v) is 6.88. The van der Waals surface area contributed by atoms with Gasteiger partial charge in [-0.15, -0.1) is 0 Å². The number of fused-ring (bicyclic) bond motifs is 4. The van der Waals surface area contributed by atoms with Crippen molar-refractivity contribution in [3.63, 3.8) is 0 Å². The maximum atomic E-state index is 13.2. The standard InChI is InChI=1S/C21H20N4O/c1-23-21-16-9-3-5-11-18(16)25(19(21)13-22-23)14-20(26)24-12-6-8-15-7-2-4-10-17(15)24/h2-5,7,9-11,13H,6,8,12,14H2,1H3. The van der Waals surface area contributed by atoms with Crippen LogP contribution in [-0.2, 0) is 24.8 Å². The molecule has 3 heterocycles. The van der Waals surface area contributed by atoms with E-state index < -0.39 is 0 Å². The van der Waals surface area contributed by atoms with Gasteiger partial charge in [0.25, 0.3) is 0 Å². The number of aryl methyl sites for hydroxylation is 2. The smallest absolute Gasteiger partial charge is 0.246 e. The van der Waals surface area contributed by atoms with Gasteiger partial charge in [-0.25, -0.2) is 0 Å². The molecule has 0 unspecified atom stereocenters. The quantitative estimate of drug-likeness (QED) is 0.558. The summed E-state index contributed by atoms with van der Waals surface area (Å²) in [5.74, 6) is 0.128. The van der Waals surface area contributed by atoms with Gasteiger partial charge in [-0.05, 0) is 30.5 Å². The molecule has 0 aliphatic carbocycles. The summed E-state index contributed by atoms with van der Waals surface area (Å²) in [7, 11) is 1.95. The molecule has 0 spiro atoms. The van der Waals surface area contributed by atoms with E-state index in [0.29, 0.717) is 6.54 Å². The van der Waals surface area contributed by atoms with Crippen LogP contribution in [0.15, 0.2) is 54.7 Å². The van der Waals surface area contributed by atoms with Crippen molar-refractivity contribution in [3.8, 4) is 0 Å². The molecule has 0 fully saturated rings. The number of hydrogen-bond donors (Lipinski definition) is 0. The molecule has 0 saturated heterocycles. The summed E-state index contributed by atoms with van der Waals surface area (Å²) in [6.07, 6.45) is 3.91. The molecule has 130 valence electrons. The molecule has 2 aromatic carbocycles. The number of carbonyl (C=O) groups is 1. The van der Waals surface area contributed by atoms with Gasteiger partial charge in [-0.3, -0.25) is 9.48 Å². The highest BCUT2D eigenvalue weighted by molar-refractivity contribution is 6.07. The second kappa shape index (κ2) is 5.73. The van der Waals surface area contributed by atoms with E-state index >= 15 is 0 Å². The molecule has 5 nitrogen and oxygen atoms in total. The highest BCUT2D eigenvalue weighted by Gasteiger charge is 2.24. The van der Waals surface area contributed by atoms with Gasteiger partial charge in [0.1, 0.15) is 6.54 Å². The lowest BCUT2D eigenvalue weighted by Gasteiger charge is -2.29. The highest BCUT2D eigenvalue weighted by Crippen LogP contribution is 2.30. The molecule has 1 aliphatic rings. The van der Waals surface area contributed by atoms with Crippen LogP contribution in [0.4, 0.5) is 5.69 Å². The van der Waals surface area contributed by atoms with Gasteiger partial charge >= 0.3 is 0 Å². The number of para-hydroxylation sites is 2. The number of carbonyl (C=O) groups excluding carboxylic acids is 1. The Morgan fingerprint density at radius 3 is 2.81 bits per heavy atom. The monoisotopic (exact) mass is 344 g/mol. The van der Waals surface area contributed by atoms with Gasteiger partial charge in [0.15, 0.2) is 0 Å². The summed E-state index contributed by atoms with van der Waals surface area (Å²) in [6, 6.07) is 16.5. The first-order chi connectivity index (χ1) is 12.7. The predicted octanol–water partition coefficient (Wildman–Crippen LogP) is 3.51. The van der Waals surface area contributed by atoms with Crippen molar-refractivity contribution < 1.29 is 4.79 Å². The van der Waals surface area contributed by atoms with E-state index in [0.717, 1.165) is 47.0 Å². The summed E-state index contributed by atoms with van der Waals surface area (Å²) in [5, 5.41) is 5.53. The van der Waals surface area contributed by atoms with E-state index in [4.69, 9.17) is 0 Å². The Morgan fingerprint density at radius 2 is 1.88 bits per heavy atom. The fourth-order valence-corrected chi connectivity index (χ4v) is 4.16. The summed E-state index contributed by atoms with van der Waals surface area (Å²) >= 11 is 0. The van der Waals surface area contributed by atoms with Gasteiger partial charge in [-0.1, -0.05) is 36.4 Å². The Hall–Kier alpha value is -3.08. The largest absolute Gasteiger partial charge is 0.328 e. The molecule has 4 aromatic rings. The molecule has 5 heteroatoms. The second-order valence-electron chi connectivity index (χ2n) is 6.88. The SMILES string of the molecule is Cn1ncc2c1c1ccccc1n2CC(=O)N1CCCc2ccccc21. The third-order valence-electron chi connectivity index (χ3n) is 5.36. The maximum absolute atomic E-state index is 13.2. The number of benzene rings is 2. The Bertz CT molecular complexity index is 1140. The van der Waals surface area contributed by atoms with E-state index in [1.54, 1.807) is 0 Å². The molecule has 0 N–H and O–H groups in total. The Morgan fingerprint density at radius 1 is 1.08 bits per heavy atom. The van der Waals surface area contributed by atoms with Crippen LogP contribution in [0.1, 0.15) is 12.0 Å². The van der Waals surface area contributed by atoms with Crippen LogP contribution in [0, 0.1) is 0 Å². The van der Waals surface area contributed by atoms with E-state index in [2.05, 4.69) is 33.9 Å². The van der Waals surface area contributed by atoms with Gasteiger partial charge < -0.3 is 9.47 Å². The minimum atomic E-state index is 0.128. The maximum Gasteiger partial charge on any atom is 0.246 e. The summed E-state index contributed by atoms with van der Waals surface area (Å²) in [5.41, 5.74) is 5.48. The Kier molecular flexibility index (Phi) is 3.35. The molecule has 0 atom stereocenters. The third kappa shape index (κ3) is 2.17. The van der Waals surface area contributed by atoms with Crippen LogP contribution < -0.4 is 4.90 Å². The molecule has 26 heavy (non-hydrogen) atoms. The van der Waals surface area contributed by atoms with Crippen LogP contribution in [0.2, 0.25) is 0 Å². The van der Waals surface area contributed by atoms with Crippen molar-refractivity contribution in [2.75, 3.05) is 11.4 Å². The highest BCUT2D eigenvalue weighted by atomic mass is 16.2. The van der Waals surface area contributed by atoms with Crippen LogP contribution in [0.25, 0.3) is 21.9 Å². The first-order valence-electron chi connectivity index (χ1n) is 9.01. The third-order valence-corrected chi connectivity index (χ3v) is 5.36. The van der Waals surface area contributed by atoms with Crippen molar-refractivity contribution in [3.05, 3.63) is 60.3 Å². The Balaban J connectivity index is 1.59. The number of anilines is 1. The normalized spacial score (nSPS) is 14.1. The van der Waals surface area contributed by atoms with E-state index in [1.165, 1.54) is 5.56 Å². The topological polar surface area (TPSA) is 43.1 Å². The average Bonchev–Trinajstić information content (AvgIpc) is 3.20. The summed E-state index contributed by atoms with van der Waals surface area (Å²) < 4.78 is 3.98. The van der Waals surface area contributed by atoms with Crippen molar-refractivity contribution in [1.29, 1.82) is 0 Å². The molecule has 5 rings (SSSR count). The first-order valence-corrected chi connectivity index (χ1v) is 9.01. The molecule has 1 aliphatic heterocycles. The minimum absolute atomic E-state index is 0.128. The van der Waals surface area contributed by atoms with Crippen molar-refractivity contribution in [2.45, 2.75) is 19.4 Å². The summed E-state index contributed by atoms with van der Waals surface area (Å²) in [6.45, 7) is 1.11. The van der Waals surface area contributed by atoms with Gasteiger partial charge in [0.05, 0.1) is 22.7 Å². The van der Waals surface area contributed by atoms with Crippen LogP contribution in [-0.4, -0.2) is 26.8 Å². The molecular weight excluding hydrogens is 324 g/mol. The van der Waals surface area contributed by atoms with Crippen molar-refractivity contribution in [1.82, 2.24) is 14.3 Å². The summed E-state index contributed by atoms with van der Waals surface area (Å²) in [4.78, 5) is 15.1. The van der Waals surface area contributed by atoms with Crippen molar-refractivity contribution >= 4 is 33.5 Å². The van der Waals surface area contributed by atoms with Crippen molar-refractivity contribution in [2.24, 2.45) is 7.05 Å². The van der Waals surface area contributed by atoms with E-state index in [-0.39, 0.29) is 5.91 Å². The number of hydrogen-bond acceptors (Lipinski definition) is 2. The molecule has 0 saturated carbocycles. The van der Waals surface area contributed by atoms with Gasteiger partial charge in [-0.2, -0.15) is 5.10 Å². The van der Waals surface area contributed by atoms with Gasteiger partial charge in [0, 0.05) is 24.7 Å². The van der Waals surface area contributed by atoms with E-state index in [1.807, 2.05) is 47.1 Å². The zero-order valence-corrected chi connectivity index (χ0v) is 14.7. The fourth-order valence-electron chi connectivity index (χ4n) is 4.16. The van der Waals surface area contributed by atoms with Crippen LogP contribution >= 0.6 is 0 Å². The Labute approximate surface area is 151 Å². The number of rotatable bonds is 2. The molecule has 0 radical (unpaired) electrons. The predicted molar refractivity (Wildman–Crippen MR) is 103 cm³/mol. The lowest BCUT2D eigenvalue weighted by molar-refractivity contribution is -0.119. The zero-order chi connectivity index (χ0) is 17.7. The molecule has 0 bridgehead atoms. The average molecular weight is 344 g/mol. The minimum Gasteiger partial charge on any atom is -0.328 e. The number of aromatic nitrogens is 3.